The molecule has 0 bridgehead atoms. The number of nitrogens with zero attached hydrogens (tertiary/aromatic N) is 2. The van der Waals surface area contributed by atoms with Crippen LogP contribution in [0.1, 0.15) is 21.6 Å². The predicted octanol–water partition coefficient (Wildman–Crippen LogP) is 3.86. The average molecular weight is 382 g/mol. The van der Waals surface area contributed by atoms with Crippen molar-refractivity contribution in [2.75, 3.05) is 10.6 Å². The highest BCUT2D eigenvalue weighted by Crippen LogP contribution is 2.28. The van der Waals surface area contributed by atoms with E-state index < -0.39 is 0 Å². The molecule has 0 atom stereocenters. The zero-order valence-corrected chi connectivity index (χ0v) is 15.0. The molecular formula is C19H16ClN5O2. The van der Waals surface area contributed by atoms with Crippen molar-refractivity contribution in [3.05, 3.63) is 76.4 Å². The Kier molecular flexibility index (Phi) is 4.52. The topological polar surface area (TPSA) is 90.1 Å². The van der Waals surface area contributed by atoms with Gasteiger partial charge in [0.05, 0.1) is 29.4 Å². The van der Waals surface area contributed by atoms with E-state index in [9.17, 15) is 9.59 Å². The first-order chi connectivity index (χ1) is 13.1. The number of aromatic nitrogens is 2. The van der Waals surface area contributed by atoms with Gasteiger partial charge in [-0.15, -0.1) is 0 Å². The third-order valence-corrected chi connectivity index (χ3v) is 4.64. The molecule has 136 valence electrons. The van der Waals surface area contributed by atoms with E-state index in [1.165, 1.54) is 0 Å². The van der Waals surface area contributed by atoms with Crippen molar-refractivity contribution in [3.8, 4) is 0 Å². The quantitative estimate of drug-likeness (QED) is 0.643. The van der Waals surface area contributed by atoms with E-state index in [0.29, 0.717) is 29.5 Å². The Morgan fingerprint density at radius 3 is 2.52 bits per heavy atom. The van der Waals surface area contributed by atoms with Crippen LogP contribution in [0.5, 0.6) is 0 Å². The Labute approximate surface area is 160 Å². The maximum absolute atomic E-state index is 12.5. The molecule has 0 saturated heterocycles. The molecule has 27 heavy (non-hydrogen) atoms. The monoisotopic (exact) mass is 381 g/mol. The van der Waals surface area contributed by atoms with Crippen molar-refractivity contribution in [3.63, 3.8) is 0 Å². The molecule has 8 heteroatoms. The number of halogens is 1. The molecule has 1 aliphatic heterocycles. The molecule has 2 heterocycles. The summed E-state index contributed by atoms with van der Waals surface area (Å²) in [7, 11) is 0. The van der Waals surface area contributed by atoms with Crippen LogP contribution in [0.4, 0.5) is 16.3 Å². The van der Waals surface area contributed by atoms with E-state index in [2.05, 4.69) is 20.8 Å². The van der Waals surface area contributed by atoms with Gasteiger partial charge in [0, 0.05) is 11.3 Å². The number of H-pyrrole nitrogens is 1. The van der Waals surface area contributed by atoms with Gasteiger partial charge < -0.3 is 15.5 Å². The first-order valence-corrected chi connectivity index (χ1v) is 8.72. The first kappa shape index (κ1) is 17.1. The number of benzene rings is 2. The van der Waals surface area contributed by atoms with Gasteiger partial charge in [-0.3, -0.25) is 9.89 Å². The van der Waals surface area contributed by atoms with E-state index >= 15 is 0 Å². The number of urea groups is 1. The van der Waals surface area contributed by atoms with Gasteiger partial charge in [-0.1, -0.05) is 41.9 Å². The summed E-state index contributed by atoms with van der Waals surface area (Å²) in [6, 6.07) is 15.8. The Balaban J connectivity index is 1.45. The fraction of sp³-hybridized carbons (Fsp3) is 0.105. The minimum atomic E-state index is -0.345. The van der Waals surface area contributed by atoms with E-state index in [-0.39, 0.29) is 11.9 Å². The van der Waals surface area contributed by atoms with Gasteiger partial charge in [0.2, 0.25) is 0 Å². The summed E-state index contributed by atoms with van der Waals surface area (Å²) < 4.78 is 0. The van der Waals surface area contributed by atoms with Gasteiger partial charge in [-0.2, -0.15) is 5.10 Å². The predicted molar refractivity (Wildman–Crippen MR) is 103 cm³/mol. The Morgan fingerprint density at radius 2 is 1.74 bits per heavy atom. The molecule has 0 spiro atoms. The summed E-state index contributed by atoms with van der Waals surface area (Å²) in [5, 5.41) is 13.0. The van der Waals surface area contributed by atoms with Crippen molar-refractivity contribution < 1.29 is 9.59 Å². The molecule has 0 aliphatic carbocycles. The maximum Gasteiger partial charge on any atom is 0.322 e. The highest BCUT2D eigenvalue weighted by molar-refractivity contribution is 6.34. The lowest BCUT2D eigenvalue weighted by molar-refractivity contribution is 0.102. The van der Waals surface area contributed by atoms with Crippen molar-refractivity contribution in [2.24, 2.45) is 0 Å². The zero-order chi connectivity index (χ0) is 18.8. The number of carbonyl (C=O) groups excluding carboxylic acids is 2. The molecule has 1 aromatic heterocycles. The molecule has 0 fully saturated rings. The van der Waals surface area contributed by atoms with E-state index in [1.54, 1.807) is 29.2 Å². The van der Waals surface area contributed by atoms with Crippen LogP contribution >= 0.6 is 11.6 Å². The fourth-order valence-electron chi connectivity index (χ4n) is 2.93. The molecule has 3 aromatic rings. The van der Waals surface area contributed by atoms with Crippen molar-refractivity contribution >= 4 is 35.0 Å². The van der Waals surface area contributed by atoms with Gasteiger partial charge in [0.1, 0.15) is 0 Å². The molecule has 3 N–H and O–H groups in total. The van der Waals surface area contributed by atoms with E-state index in [4.69, 9.17) is 11.6 Å². The van der Waals surface area contributed by atoms with Crippen LogP contribution in [-0.4, -0.2) is 27.0 Å². The van der Waals surface area contributed by atoms with Gasteiger partial charge in [0.25, 0.3) is 5.91 Å². The number of anilines is 2. The number of carbonyl (C=O) groups is 2. The minimum Gasteiger partial charge on any atom is -0.314 e. The second-order valence-corrected chi connectivity index (χ2v) is 6.52. The lowest BCUT2D eigenvalue weighted by Gasteiger charge is -2.16. The second-order valence-electron chi connectivity index (χ2n) is 6.12. The van der Waals surface area contributed by atoms with Gasteiger partial charge in [0.15, 0.2) is 5.82 Å². The largest absolute Gasteiger partial charge is 0.322 e. The minimum absolute atomic E-state index is 0.214. The molecule has 4 rings (SSSR count). The third-order valence-electron chi connectivity index (χ3n) is 4.31. The van der Waals surface area contributed by atoms with Crippen molar-refractivity contribution in [1.82, 2.24) is 15.1 Å². The third kappa shape index (κ3) is 3.50. The molecule has 0 unspecified atom stereocenters. The normalized spacial score (nSPS) is 12.6. The summed E-state index contributed by atoms with van der Waals surface area (Å²) in [6.45, 7) is 0.742. The van der Waals surface area contributed by atoms with Crippen molar-refractivity contribution in [2.45, 2.75) is 13.1 Å². The van der Waals surface area contributed by atoms with Crippen molar-refractivity contribution in [1.29, 1.82) is 0 Å². The number of nitrogens with one attached hydrogen (secondary N) is 3. The van der Waals surface area contributed by atoms with Crippen LogP contribution in [0.15, 0.2) is 54.6 Å². The van der Waals surface area contributed by atoms with Crippen LogP contribution in [-0.2, 0) is 13.1 Å². The van der Waals surface area contributed by atoms with E-state index in [1.807, 2.05) is 30.3 Å². The average Bonchev–Trinajstić information content (AvgIpc) is 3.25. The summed E-state index contributed by atoms with van der Waals surface area (Å²) >= 11 is 6.07. The molecule has 3 amide bonds. The molecule has 0 saturated carbocycles. The smallest absolute Gasteiger partial charge is 0.314 e. The van der Waals surface area contributed by atoms with Crippen LogP contribution in [0.3, 0.4) is 0 Å². The number of para-hydroxylation sites is 1. The highest BCUT2D eigenvalue weighted by Gasteiger charge is 2.29. The summed E-state index contributed by atoms with van der Waals surface area (Å²) in [4.78, 5) is 26.5. The summed E-state index contributed by atoms with van der Waals surface area (Å²) in [5.41, 5.74) is 2.68. The standard InChI is InChI=1S/C19H16ClN5O2/c20-15-9-5-4-8-13(15)18(26)22-17-14-10-25(11-16(14)23-24-17)19(27)21-12-6-2-1-3-7-12/h1-9H,10-11H2,(H,21,27)(H2,22,23,24,26). The van der Waals surface area contributed by atoms with Gasteiger partial charge in [-0.05, 0) is 24.3 Å². The first-order valence-electron chi connectivity index (χ1n) is 8.35. The zero-order valence-electron chi connectivity index (χ0n) is 14.2. The molecule has 7 nitrogen and oxygen atoms in total. The number of fused-ring (bicyclic) bond motifs is 1. The van der Waals surface area contributed by atoms with Crippen LogP contribution in [0, 0.1) is 0 Å². The van der Waals surface area contributed by atoms with Gasteiger partial charge in [-0.25, -0.2) is 4.79 Å². The van der Waals surface area contributed by atoms with Crippen LogP contribution < -0.4 is 10.6 Å². The molecule has 0 radical (unpaired) electrons. The van der Waals surface area contributed by atoms with Gasteiger partial charge >= 0.3 is 6.03 Å². The Hall–Kier alpha value is -3.32. The van der Waals surface area contributed by atoms with Crippen LogP contribution in [0.25, 0.3) is 0 Å². The Bertz CT molecular complexity index is 1000. The lowest BCUT2D eigenvalue weighted by Crippen LogP contribution is -2.30. The molecular weight excluding hydrogens is 366 g/mol. The molecule has 1 aliphatic rings. The number of aromatic amines is 1. The van der Waals surface area contributed by atoms with E-state index in [0.717, 1.165) is 16.9 Å². The maximum atomic E-state index is 12.5. The lowest BCUT2D eigenvalue weighted by atomic mass is 10.2. The SMILES string of the molecule is O=C(Nc1n[nH]c2c1CN(C(=O)Nc1ccccc1)C2)c1ccccc1Cl. The Morgan fingerprint density at radius 1 is 1.00 bits per heavy atom. The number of hydrogen-bond donors (Lipinski definition) is 3. The fourth-order valence-corrected chi connectivity index (χ4v) is 3.15. The second kappa shape index (κ2) is 7.13. The summed E-state index contributed by atoms with van der Waals surface area (Å²) in [5.74, 6) is 0.0621. The number of rotatable bonds is 3. The number of hydrogen-bond acceptors (Lipinski definition) is 3. The highest BCUT2D eigenvalue weighted by atomic mass is 35.5. The molecule has 2 aromatic carbocycles. The number of amides is 3. The van der Waals surface area contributed by atoms with Crippen LogP contribution in [0.2, 0.25) is 5.02 Å². The summed E-state index contributed by atoms with van der Waals surface area (Å²) in [6.07, 6.45) is 0.